The predicted octanol–water partition coefficient (Wildman–Crippen LogP) is 3.04. The molecule has 0 saturated carbocycles. The average molecular weight is 388 g/mol. The van der Waals surface area contributed by atoms with E-state index in [1.165, 1.54) is 30.2 Å². The zero-order valence-electron chi connectivity index (χ0n) is 15.9. The van der Waals surface area contributed by atoms with Crippen LogP contribution in [0.2, 0.25) is 0 Å². The summed E-state index contributed by atoms with van der Waals surface area (Å²) in [4.78, 5) is 11.6. The summed E-state index contributed by atoms with van der Waals surface area (Å²) >= 11 is 0. The number of aliphatic hydroxyl groups is 1. The lowest BCUT2D eigenvalue weighted by Crippen LogP contribution is -2.48. The molecule has 0 radical (unpaired) electrons. The molecule has 1 aliphatic rings. The number of carbonyl (C=O) groups is 1. The summed E-state index contributed by atoms with van der Waals surface area (Å²) in [5.41, 5.74) is 2.94. The Hall–Kier alpha value is -2.31. The quantitative estimate of drug-likeness (QED) is 0.683. The van der Waals surface area contributed by atoms with E-state index in [4.69, 9.17) is 0 Å². The first-order chi connectivity index (χ1) is 13.4. The van der Waals surface area contributed by atoms with E-state index < -0.39 is 23.8 Å². The summed E-state index contributed by atoms with van der Waals surface area (Å²) in [7, 11) is 0. The first kappa shape index (κ1) is 20.4. The first-order valence-corrected chi connectivity index (χ1v) is 9.63. The van der Waals surface area contributed by atoms with Crippen LogP contribution in [0.5, 0.6) is 0 Å². The Morgan fingerprint density at radius 1 is 1.21 bits per heavy atom. The lowest BCUT2D eigenvalue weighted by molar-refractivity contribution is -0.120. The topological polar surface area (TPSA) is 61.4 Å². The third-order valence-electron chi connectivity index (χ3n) is 5.17. The summed E-state index contributed by atoms with van der Waals surface area (Å²) in [6, 6.07) is 11.0. The maximum Gasteiger partial charge on any atom is 0.217 e. The lowest BCUT2D eigenvalue weighted by Gasteiger charge is -2.30. The molecule has 6 heteroatoms. The molecule has 0 aromatic heterocycles. The van der Waals surface area contributed by atoms with Crippen molar-refractivity contribution in [1.82, 2.24) is 10.6 Å². The molecule has 0 spiro atoms. The summed E-state index contributed by atoms with van der Waals surface area (Å²) in [6.07, 6.45) is 2.34. The molecule has 1 unspecified atom stereocenters. The van der Waals surface area contributed by atoms with E-state index in [9.17, 15) is 18.7 Å². The van der Waals surface area contributed by atoms with Gasteiger partial charge in [-0.1, -0.05) is 24.3 Å². The van der Waals surface area contributed by atoms with Crippen molar-refractivity contribution in [1.29, 1.82) is 0 Å². The molecule has 2 aromatic carbocycles. The number of carbonyl (C=O) groups excluding carboxylic acids is 1. The molecule has 0 fully saturated rings. The van der Waals surface area contributed by atoms with Crippen LogP contribution in [-0.2, 0) is 17.6 Å². The van der Waals surface area contributed by atoms with Crippen LogP contribution in [0.15, 0.2) is 42.5 Å². The van der Waals surface area contributed by atoms with Crippen molar-refractivity contribution in [2.75, 3.05) is 6.54 Å². The van der Waals surface area contributed by atoms with Crippen LogP contribution in [0, 0.1) is 11.6 Å². The van der Waals surface area contributed by atoms with Gasteiger partial charge in [0, 0.05) is 25.6 Å². The second-order valence-electron chi connectivity index (χ2n) is 7.41. The summed E-state index contributed by atoms with van der Waals surface area (Å²) in [5, 5.41) is 16.8. The van der Waals surface area contributed by atoms with E-state index in [0.29, 0.717) is 5.56 Å². The molecular weight excluding hydrogens is 362 g/mol. The van der Waals surface area contributed by atoms with Gasteiger partial charge in [0.15, 0.2) is 0 Å². The van der Waals surface area contributed by atoms with Crippen LogP contribution in [0.1, 0.15) is 42.5 Å². The third-order valence-corrected chi connectivity index (χ3v) is 5.17. The Morgan fingerprint density at radius 2 is 1.93 bits per heavy atom. The Bertz CT molecular complexity index is 808. The molecule has 3 rings (SSSR count). The highest BCUT2D eigenvalue weighted by Gasteiger charge is 2.24. The number of halogens is 2. The summed E-state index contributed by atoms with van der Waals surface area (Å²) in [6.45, 7) is 1.62. The second-order valence-corrected chi connectivity index (χ2v) is 7.41. The molecule has 28 heavy (non-hydrogen) atoms. The minimum absolute atomic E-state index is 0.137. The highest BCUT2D eigenvalue weighted by atomic mass is 19.1. The fraction of sp³-hybridized carbons (Fsp3) is 0.409. The molecule has 2 aromatic rings. The Labute approximate surface area is 164 Å². The van der Waals surface area contributed by atoms with Gasteiger partial charge >= 0.3 is 0 Å². The number of rotatable bonds is 7. The van der Waals surface area contributed by atoms with Crippen molar-refractivity contribution < 1.29 is 18.7 Å². The van der Waals surface area contributed by atoms with E-state index in [1.807, 2.05) is 12.1 Å². The van der Waals surface area contributed by atoms with Crippen molar-refractivity contribution in [2.45, 2.75) is 50.8 Å². The molecule has 0 aliphatic heterocycles. The van der Waals surface area contributed by atoms with Crippen LogP contribution in [-0.4, -0.2) is 29.7 Å². The zero-order valence-corrected chi connectivity index (χ0v) is 15.9. The Kier molecular flexibility index (Phi) is 6.75. The van der Waals surface area contributed by atoms with Crippen LogP contribution < -0.4 is 10.6 Å². The predicted molar refractivity (Wildman–Crippen MR) is 104 cm³/mol. The molecule has 0 heterocycles. The van der Waals surface area contributed by atoms with Gasteiger partial charge in [0.25, 0.3) is 0 Å². The summed E-state index contributed by atoms with van der Waals surface area (Å²) in [5.74, 6) is -1.66. The van der Waals surface area contributed by atoms with Gasteiger partial charge in [-0.3, -0.25) is 4.79 Å². The van der Waals surface area contributed by atoms with Crippen LogP contribution in [0.4, 0.5) is 8.78 Å². The number of amides is 1. The highest BCUT2D eigenvalue weighted by molar-refractivity contribution is 5.73. The minimum atomic E-state index is -0.899. The molecule has 1 amide bonds. The van der Waals surface area contributed by atoms with Crippen molar-refractivity contribution in [3.8, 4) is 0 Å². The number of aryl methyl sites for hydroxylation is 1. The smallest absolute Gasteiger partial charge is 0.217 e. The van der Waals surface area contributed by atoms with Gasteiger partial charge in [-0.05, 0) is 54.5 Å². The Balaban J connectivity index is 1.66. The van der Waals surface area contributed by atoms with Crippen molar-refractivity contribution >= 4 is 5.91 Å². The normalized spacial score (nSPS) is 18.2. The molecule has 3 N–H and O–H groups in total. The fourth-order valence-electron chi connectivity index (χ4n) is 3.90. The molecular formula is C22H26F2N2O2. The van der Waals surface area contributed by atoms with E-state index in [2.05, 4.69) is 22.8 Å². The van der Waals surface area contributed by atoms with Crippen molar-refractivity contribution in [2.24, 2.45) is 0 Å². The summed E-state index contributed by atoms with van der Waals surface area (Å²) < 4.78 is 26.9. The van der Waals surface area contributed by atoms with Crippen LogP contribution >= 0.6 is 0 Å². The zero-order chi connectivity index (χ0) is 20.1. The highest BCUT2D eigenvalue weighted by Crippen LogP contribution is 2.29. The molecule has 3 atom stereocenters. The third kappa shape index (κ3) is 5.36. The standard InChI is InChI=1S/C22H26F2N2O2/c1-14(27)26-21(11-15-9-17(23)12-18(24)10-15)22(28)13-25-20-8-4-6-16-5-2-3-7-19(16)20/h2-3,5,7,9-10,12,20-22,25,28H,4,6,8,11,13H2,1H3,(H,26,27)/t20?,21-,22+/m0/s1. The average Bonchev–Trinajstić information content (AvgIpc) is 2.64. The monoisotopic (exact) mass is 388 g/mol. The maximum absolute atomic E-state index is 13.5. The molecule has 150 valence electrons. The largest absolute Gasteiger partial charge is 0.390 e. The molecule has 0 bridgehead atoms. The number of benzene rings is 2. The van der Waals surface area contributed by atoms with Gasteiger partial charge in [-0.25, -0.2) is 8.78 Å². The SMILES string of the molecule is CC(=O)N[C@@H](Cc1cc(F)cc(F)c1)[C@H](O)CNC1CCCc2ccccc21. The van der Waals surface area contributed by atoms with Gasteiger partial charge in [-0.2, -0.15) is 0 Å². The van der Waals surface area contributed by atoms with E-state index in [0.717, 1.165) is 25.3 Å². The first-order valence-electron chi connectivity index (χ1n) is 9.63. The molecule has 0 saturated heterocycles. The van der Waals surface area contributed by atoms with Crippen molar-refractivity contribution in [3.63, 3.8) is 0 Å². The number of nitrogens with one attached hydrogen (secondary N) is 2. The second kappa shape index (κ2) is 9.26. The van der Waals surface area contributed by atoms with E-state index in [-0.39, 0.29) is 24.9 Å². The van der Waals surface area contributed by atoms with E-state index in [1.54, 1.807) is 0 Å². The van der Waals surface area contributed by atoms with Gasteiger partial charge in [0.1, 0.15) is 11.6 Å². The van der Waals surface area contributed by atoms with E-state index >= 15 is 0 Å². The number of aliphatic hydroxyl groups excluding tert-OH is 1. The van der Waals surface area contributed by atoms with Gasteiger partial charge in [0.2, 0.25) is 5.91 Å². The van der Waals surface area contributed by atoms with Crippen LogP contribution in [0.3, 0.4) is 0 Å². The van der Waals surface area contributed by atoms with Gasteiger partial charge in [0.05, 0.1) is 12.1 Å². The lowest BCUT2D eigenvalue weighted by atomic mass is 9.87. The number of fused-ring (bicyclic) bond motifs is 1. The molecule has 1 aliphatic carbocycles. The van der Waals surface area contributed by atoms with Crippen LogP contribution in [0.25, 0.3) is 0 Å². The maximum atomic E-state index is 13.5. The van der Waals surface area contributed by atoms with Gasteiger partial charge in [-0.15, -0.1) is 0 Å². The van der Waals surface area contributed by atoms with Crippen molar-refractivity contribution in [3.05, 3.63) is 70.8 Å². The Morgan fingerprint density at radius 3 is 2.64 bits per heavy atom. The van der Waals surface area contributed by atoms with Gasteiger partial charge < -0.3 is 15.7 Å². The minimum Gasteiger partial charge on any atom is -0.390 e. The number of hydrogen-bond acceptors (Lipinski definition) is 3. The number of hydrogen-bond donors (Lipinski definition) is 3. The fourth-order valence-corrected chi connectivity index (χ4v) is 3.90. The molecule has 4 nitrogen and oxygen atoms in total.